The lowest BCUT2D eigenvalue weighted by Gasteiger charge is -2.24. The molecular formula is C20H27N3O3. The number of carbonyl (C=O) groups excluding carboxylic acids is 3. The smallest absolute Gasteiger partial charge is 0.251 e. The second-order valence-corrected chi connectivity index (χ2v) is 7.26. The summed E-state index contributed by atoms with van der Waals surface area (Å²) >= 11 is 0. The van der Waals surface area contributed by atoms with Crippen LogP contribution in [-0.2, 0) is 14.4 Å². The van der Waals surface area contributed by atoms with E-state index in [1.807, 2.05) is 0 Å². The van der Waals surface area contributed by atoms with Gasteiger partial charge in [-0.2, -0.15) is 0 Å². The Hall–Kier alpha value is -2.21. The molecule has 2 fully saturated rings. The fourth-order valence-electron chi connectivity index (χ4n) is 3.84. The first kappa shape index (κ1) is 18.6. The number of amides is 3. The number of rotatable bonds is 4. The normalized spacial score (nSPS) is 22.2. The number of benzene rings is 1. The van der Waals surface area contributed by atoms with E-state index >= 15 is 0 Å². The predicted octanol–water partition coefficient (Wildman–Crippen LogP) is 2.98. The summed E-state index contributed by atoms with van der Waals surface area (Å²) in [7, 11) is 0. The zero-order chi connectivity index (χ0) is 18.5. The van der Waals surface area contributed by atoms with E-state index < -0.39 is 6.04 Å². The molecule has 1 aromatic carbocycles. The summed E-state index contributed by atoms with van der Waals surface area (Å²) in [6, 6.07) is 6.68. The van der Waals surface area contributed by atoms with Crippen molar-refractivity contribution in [2.24, 2.45) is 0 Å². The number of hydrogen-bond donors (Lipinski definition) is 2. The molecule has 0 unspecified atom stereocenters. The molecule has 0 bridgehead atoms. The molecule has 2 N–H and O–H groups in total. The third-order valence-electron chi connectivity index (χ3n) is 5.13. The Balaban J connectivity index is 1.65. The highest BCUT2D eigenvalue weighted by Gasteiger charge is 2.40. The average Bonchev–Trinajstić information content (AvgIpc) is 2.84. The monoisotopic (exact) mass is 357 g/mol. The van der Waals surface area contributed by atoms with Crippen LogP contribution in [-0.4, -0.2) is 29.8 Å². The standard InChI is InChI=1S/C20H27N3O3/c1-14(24)21-16-9-11-17(12-10-16)23-19(25)13-18(20(23)26)22-15-7-5-3-2-4-6-8-15/h9-12,15,18,22H,2-8,13H2,1H3,(H,21,24)/t18-/m1/s1. The summed E-state index contributed by atoms with van der Waals surface area (Å²) in [6.45, 7) is 1.44. The van der Waals surface area contributed by atoms with Gasteiger partial charge in [0, 0.05) is 18.7 Å². The summed E-state index contributed by atoms with van der Waals surface area (Å²) < 4.78 is 0. The van der Waals surface area contributed by atoms with Crippen LogP contribution >= 0.6 is 0 Å². The fraction of sp³-hybridized carbons (Fsp3) is 0.550. The molecule has 0 radical (unpaired) electrons. The van der Waals surface area contributed by atoms with Gasteiger partial charge >= 0.3 is 0 Å². The molecule has 1 saturated carbocycles. The maximum absolute atomic E-state index is 12.8. The number of nitrogens with zero attached hydrogens (tertiary/aromatic N) is 1. The highest BCUT2D eigenvalue weighted by Crippen LogP contribution is 2.26. The molecule has 140 valence electrons. The van der Waals surface area contributed by atoms with Crippen LogP contribution in [0.15, 0.2) is 24.3 Å². The molecule has 0 spiro atoms. The van der Waals surface area contributed by atoms with Crippen LogP contribution in [0, 0.1) is 0 Å². The van der Waals surface area contributed by atoms with Crippen molar-refractivity contribution in [1.29, 1.82) is 0 Å². The van der Waals surface area contributed by atoms with E-state index in [9.17, 15) is 14.4 Å². The SMILES string of the molecule is CC(=O)Nc1ccc(N2C(=O)C[C@@H](NC3CCCCCCC3)C2=O)cc1. The van der Waals surface area contributed by atoms with Crippen molar-refractivity contribution in [1.82, 2.24) is 5.32 Å². The molecule has 2 aliphatic rings. The number of imide groups is 1. The Morgan fingerprint density at radius 3 is 2.23 bits per heavy atom. The van der Waals surface area contributed by atoms with E-state index in [-0.39, 0.29) is 24.1 Å². The van der Waals surface area contributed by atoms with Gasteiger partial charge in [-0.3, -0.25) is 14.4 Å². The van der Waals surface area contributed by atoms with E-state index in [4.69, 9.17) is 0 Å². The summed E-state index contributed by atoms with van der Waals surface area (Å²) in [4.78, 5) is 37.6. The molecule has 6 nitrogen and oxygen atoms in total. The Morgan fingerprint density at radius 2 is 1.62 bits per heavy atom. The van der Waals surface area contributed by atoms with E-state index in [2.05, 4.69) is 10.6 Å². The molecular weight excluding hydrogens is 330 g/mol. The molecule has 1 aromatic rings. The minimum atomic E-state index is -0.429. The quantitative estimate of drug-likeness (QED) is 0.812. The maximum atomic E-state index is 12.8. The van der Waals surface area contributed by atoms with Gasteiger partial charge in [0.05, 0.1) is 18.2 Å². The first-order valence-electron chi connectivity index (χ1n) is 9.55. The van der Waals surface area contributed by atoms with E-state index in [1.165, 1.54) is 43.9 Å². The van der Waals surface area contributed by atoms with Gasteiger partial charge in [-0.15, -0.1) is 0 Å². The van der Waals surface area contributed by atoms with Crippen molar-refractivity contribution in [3.63, 3.8) is 0 Å². The van der Waals surface area contributed by atoms with Gasteiger partial charge in [-0.05, 0) is 37.1 Å². The molecule has 3 amide bonds. The number of anilines is 2. The minimum absolute atomic E-state index is 0.158. The Morgan fingerprint density at radius 1 is 1.00 bits per heavy atom. The van der Waals surface area contributed by atoms with Crippen LogP contribution in [0.2, 0.25) is 0 Å². The predicted molar refractivity (Wildman–Crippen MR) is 101 cm³/mol. The minimum Gasteiger partial charge on any atom is -0.326 e. The number of nitrogens with one attached hydrogen (secondary N) is 2. The highest BCUT2D eigenvalue weighted by molar-refractivity contribution is 6.22. The molecule has 1 heterocycles. The van der Waals surface area contributed by atoms with Gasteiger partial charge in [0.25, 0.3) is 5.91 Å². The van der Waals surface area contributed by atoms with Gasteiger partial charge in [-0.1, -0.05) is 32.1 Å². The summed E-state index contributed by atoms with van der Waals surface area (Å²) in [6.07, 6.45) is 8.53. The average molecular weight is 357 g/mol. The molecule has 3 rings (SSSR count). The molecule has 26 heavy (non-hydrogen) atoms. The van der Waals surface area contributed by atoms with Crippen LogP contribution in [0.4, 0.5) is 11.4 Å². The van der Waals surface area contributed by atoms with Crippen LogP contribution in [0.3, 0.4) is 0 Å². The van der Waals surface area contributed by atoms with Crippen molar-refractivity contribution < 1.29 is 14.4 Å². The van der Waals surface area contributed by atoms with E-state index in [0.717, 1.165) is 12.8 Å². The molecule has 1 atom stereocenters. The lowest BCUT2D eigenvalue weighted by molar-refractivity contribution is -0.122. The molecule has 1 aliphatic carbocycles. The highest BCUT2D eigenvalue weighted by atomic mass is 16.2. The molecule has 1 saturated heterocycles. The maximum Gasteiger partial charge on any atom is 0.251 e. The fourth-order valence-corrected chi connectivity index (χ4v) is 3.84. The number of hydrogen-bond acceptors (Lipinski definition) is 4. The van der Waals surface area contributed by atoms with Gasteiger partial charge < -0.3 is 10.6 Å². The Bertz CT molecular complexity index is 663. The Kier molecular flexibility index (Phi) is 6.04. The van der Waals surface area contributed by atoms with Gasteiger partial charge in [0.1, 0.15) is 0 Å². The second-order valence-electron chi connectivity index (χ2n) is 7.26. The van der Waals surface area contributed by atoms with Crippen molar-refractivity contribution in [2.45, 2.75) is 70.4 Å². The van der Waals surface area contributed by atoms with Crippen LogP contribution < -0.4 is 15.5 Å². The van der Waals surface area contributed by atoms with Crippen molar-refractivity contribution >= 4 is 29.1 Å². The summed E-state index contributed by atoms with van der Waals surface area (Å²) in [5.41, 5.74) is 1.20. The van der Waals surface area contributed by atoms with Crippen LogP contribution in [0.1, 0.15) is 58.3 Å². The third kappa shape index (κ3) is 4.49. The zero-order valence-corrected chi connectivity index (χ0v) is 15.3. The van der Waals surface area contributed by atoms with Crippen LogP contribution in [0.5, 0.6) is 0 Å². The Labute approximate surface area is 154 Å². The molecule has 0 aromatic heterocycles. The first-order chi connectivity index (χ1) is 12.5. The van der Waals surface area contributed by atoms with Crippen molar-refractivity contribution in [3.8, 4) is 0 Å². The summed E-state index contributed by atoms with van der Waals surface area (Å²) in [5.74, 6) is -0.510. The third-order valence-corrected chi connectivity index (χ3v) is 5.13. The van der Waals surface area contributed by atoms with Gasteiger partial charge in [0.15, 0.2) is 0 Å². The van der Waals surface area contributed by atoms with Crippen molar-refractivity contribution in [3.05, 3.63) is 24.3 Å². The van der Waals surface area contributed by atoms with E-state index in [0.29, 0.717) is 17.4 Å². The van der Waals surface area contributed by atoms with Crippen LogP contribution in [0.25, 0.3) is 0 Å². The zero-order valence-electron chi connectivity index (χ0n) is 15.3. The molecule has 1 aliphatic heterocycles. The largest absolute Gasteiger partial charge is 0.326 e. The lowest BCUT2D eigenvalue weighted by atomic mass is 9.96. The van der Waals surface area contributed by atoms with E-state index in [1.54, 1.807) is 24.3 Å². The number of carbonyl (C=O) groups is 3. The molecule has 6 heteroatoms. The van der Waals surface area contributed by atoms with Gasteiger partial charge in [0.2, 0.25) is 11.8 Å². The topological polar surface area (TPSA) is 78.5 Å². The summed E-state index contributed by atoms with van der Waals surface area (Å²) in [5, 5.41) is 6.11. The lowest BCUT2D eigenvalue weighted by Crippen LogP contribution is -2.44. The second kappa shape index (κ2) is 8.45. The van der Waals surface area contributed by atoms with Crippen molar-refractivity contribution in [2.75, 3.05) is 10.2 Å². The van der Waals surface area contributed by atoms with Gasteiger partial charge in [-0.25, -0.2) is 4.90 Å². The first-order valence-corrected chi connectivity index (χ1v) is 9.55.